The molecule has 6 heteroatoms. The molecule has 3 rings (SSSR count). The minimum atomic E-state index is -0.340. The number of hydrogen-bond donors (Lipinski definition) is 2. The van der Waals surface area contributed by atoms with Crippen molar-refractivity contribution in [2.24, 2.45) is 0 Å². The quantitative estimate of drug-likeness (QED) is 0.558. The molecule has 0 saturated carbocycles. The van der Waals surface area contributed by atoms with E-state index in [1.54, 1.807) is 19.2 Å². The van der Waals surface area contributed by atoms with E-state index in [0.717, 1.165) is 0 Å². The summed E-state index contributed by atoms with van der Waals surface area (Å²) in [6, 6.07) is 23.7. The maximum Gasteiger partial charge on any atom is 0.319 e. The highest BCUT2D eigenvalue weighted by atomic mass is 16.5. The van der Waals surface area contributed by atoms with Gasteiger partial charge in [-0.2, -0.15) is 0 Å². The van der Waals surface area contributed by atoms with Crippen LogP contribution in [0.3, 0.4) is 0 Å². The first-order chi connectivity index (χ1) is 13.8. The monoisotopic (exact) mass is 378 g/mol. The Bertz CT molecular complexity index is 900. The van der Waals surface area contributed by atoms with Gasteiger partial charge in [0, 0.05) is 0 Å². The molecule has 0 aliphatic heterocycles. The number of rotatable bonds is 8. The molecule has 0 unspecified atom stereocenters. The minimum Gasteiger partial charge on any atom is -0.493 e. The summed E-state index contributed by atoms with van der Waals surface area (Å²) < 4.78 is 16.7. The number of nitrogens with one attached hydrogen (secondary N) is 2. The van der Waals surface area contributed by atoms with Gasteiger partial charge in [-0.3, -0.25) is 0 Å². The van der Waals surface area contributed by atoms with Crippen molar-refractivity contribution in [2.75, 3.05) is 25.6 Å². The van der Waals surface area contributed by atoms with Crippen LogP contribution in [0.25, 0.3) is 0 Å². The lowest BCUT2D eigenvalue weighted by Gasteiger charge is -2.13. The lowest BCUT2D eigenvalue weighted by molar-refractivity contribution is 0.246. The predicted molar refractivity (Wildman–Crippen MR) is 108 cm³/mol. The smallest absolute Gasteiger partial charge is 0.319 e. The first-order valence-corrected chi connectivity index (χ1v) is 8.89. The van der Waals surface area contributed by atoms with Crippen molar-refractivity contribution < 1.29 is 19.0 Å². The Kier molecular flexibility index (Phi) is 6.73. The molecule has 28 heavy (non-hydrogen) atoms. The summed E-state index contributed by atoms with van der Waals surface area (Å²) in [7, 11) is 1.59. The zero-order valence-corrected chi connectivity index (χ0v) is 15.6. The Balaban J connectivity index is 1.50. The third kappa shape index (κ3) is 5.41. The van der Waals surface area contributed by atoms with Crippen molar-refractivity contribution >= 4 is 11.7 Å². The first-order valence-electron chi connectivity index (χ1n) is 8.89. The zero-order valence-electron chi connectivity index (χ0n) is 15.6. The molecule has 144 valence electrons. The molecule has 6 nitrogen and oxygen atoms in total. The molecule has 0 heterocycles. The van der Waals surface area contributed by atoms with Gasteiger partial charge < -0.3 is 24.8 Å². The van der Waals surface area contributed by atoms with Gasteiger partial charge in [-0.15, -0.1) is 0 Å². The standard InChI is InChI=1S/C22H22N2O4/c1-26-20-13-7-8-14-21(20)27-16-15-23-22(25)24-18-11-5-6-12-19(18)28-17-9-3-2-4-10-17/h2-14H,15-16H2,1H3,(H2,23,24,25). The number of ether oxygens (including phenoxy) is 3. The molecule has 0 aromatic heterocycles. The van der Waals surface area contributed by atoms with Gasteiger partial charge in [0.1, 0.15) is 12.4 Å². The van der Waals surface area contributed by atoms with Crippen molar-refractivity contribution in [1.82, 2.24) is 5.32 Å². The average molecular weight is 378 g/mol. The van der Waals surface area contributed by atoms with Crippen molar-refractivity contribution in [3.05, 3.63) is 78.9 Å². The highest BCUT2D eigenvalue weighted by molar-refractivity contribution is 5.90. The normalized spacial score (nSPS) is 10.0. The fourth-order valence-electron chi connectivity index (χ4n) is 2.50. The lowest BCUT2D eigenvalue weighted by atomic mass is 10.3. The number of carbonyl (C=O) groups is 1. The predicted octanol–water partition coefficient (Wildman–Crippen LogP) is 4.69. The molecule has 0 aliphatic carbocycles. The number of methoxy groups -OCH3 is 1. The van der Waals surface area contributed by atoms with E-state index in [4.69, 9.17) is 14.2 Å². The fourth-order valence-corrected chi connectivity index (χ4v) is 2.50. The third-order valence-electron chi connectivity index (χ3n) is 3.82. The van der Waals surface area contributed by atoms with Crippen LogP contribution in [-0.2, 0) is 0 Å². The molecule has 0 atom stereocenters. The molecular formula is C22H22N2O4. The Morgan fingerprint density at radius 2 is 1.46 bits per heavy atom. The molecule has 0 aliphatic rings. The SMILES string of the molecule is COc1ccccc1OCCNC(=O)Nc1ccccc1Oc1ccccc1. The average Bonchev–Trinajstić information content (AvgIpc) is 2.74. The van der Waals surface area contributed by atoms with Crippen LogP contribution >= 0.6 is 0 Å². The first kappa shape index (κ1) is 19.1. The van der Waals surface area contributed by atoms with E-state index in [-0.39, 0.29) is 6.03 Å². The van der Waals surface area contributed by atoms with Gasteiger partial charge in [0.2, 0.25) is 0 Å². The second kappa shape index (κ2) is 9.87. The molecule has 3 aromatic carbocycles. The summed E-state index contributed by atoms with van der Waals surface area (Å²) in [6.45, 7) is 0.654. The zero-order chi connectivity index (χ0) is 19.6. The summed E-state index contributed by atoms with van der Waals surface area (Å²) in [5.74, 6) is 2.55. The Morgan fingerprint density at radius 1 is 0.821 bits per heavy atom. The molecule has 0 radical (unpaired) electrons. The van der Waals surface area contributed by atoms with Crippen molar-refractivity contribution in [2.45, 2.75) is 0 Å². The summed E-state index contributed by atoms with van der Waals surface area (Å²) in [5, 5.41) is 5.56. The van der Waals surface area contributed by atoms with Crippen LogP contribution in [0.4, 0.5) is 10.5 Å². The number of hydrogen-bond acceptors (Lipinski definition) is 4. The van der Waals surface area contributed by atoms with Gasteiger partial charge in [0.25, 0.3) is 0 Å². The van der Waals surface area contributed by atoms with Gasteiger partial charge >= 0.3 is 6.03 Å². The van der Waals surface area contributed by atoms with Gasteiger partial charge in [-0.1, -0.05) is 42.5 Å². The number of amides is 2. The molecule has 3 aromatic rings. The highest BCUT2D eigenvalue weighted by Gasteiger charge is 2.08. The minimum absolute atomic E-state index is 0.315. The molecule has 0 saturated heterocycles. The molecule has 0 spiro atoms. The van der Waals surface area contributed by atoms with E-state index in [1.165, 1.54) is 0 Å². The van der Waals surface area contributed by atoms with Crippen LogP contribution < -0.4 is 24.8 Å². The molecule has 0 bridgehead atoms. The summed E-state index contributed by atoms with van der Waals surface area (Å²) in [6.07, 6.45) is 0. The van der Waals surface area contributed by atoms with Gasteiger partial charge in [-0.25, -0.2) is 4.79 Å². The molecular weight excluding hydrogens is 356 g/mol. The number of urea groups is 1. The largest absolute Gasteiger partial charge is 0.493 e. The summed E-state index contributed by atoms with van der Waals surface area (Å²) in [5.41, 5.74) is 0.578. The molecule has 0 fully saturated rings. The van der Waals surface area contributed by atoms with E-state index >= 15 is 0 Å². The van der Waals surface area contributed by atoms with Crippen molar-refractivity contribution in [3.63, 3.8) is 0 Å². The topological polar surface area (TPSA) is 68.8 Å². The fraction of sp³-hybridized carbons (Fsp3) is 0.136. The van der Waals surface area contributed by atoms with Crippen LogP contribution in [0.5, 0.6) is 23.0 Å². The van der Waals surface area contributed by atoms with Crippen molar-refractivity contribution in [3.8, 4) is 23.0 Å². The Labute approximate surface area is 164 Å². The van der Waals surface area contributed by atoms with E-state index in [1.807, 2.05) is 66.7 Å². The van der Waals surface area contributed by atoms with E-state index in [9.17, 15) is 4.79 Å². The van der Waals surface area contributed by atoms with E-state index in [0.29, 0.717) is 41.8 Å². The summed E-state index contributed by atoms with van der Waals surface area (Å²) in [4.78, 5) is 12.2. The maximum absolute atomic E-state index is 12.2. The van der Waals surface area contributed by atoms with Gasteiger partial charge in [0.15, 0.2) is 17.2 Å². The molecule has 2 amide bonds. The number of anilines is 1. The second-order valence-corrected chi connectivity index (χ2v) is 5.79. The highest BCUT2D eigenvalue weighted by Crippen LogP contribution is 2.29. The van der Waals surface area contributed by atoms with Crippen molar-refractivity contribution in [1.29, 1.82) is 0 Å². The van der Waals surface area contributed by atoms with E-state index < -0.39 is 0 Å². The summed E-state index contributed by atoms with van der Waals surface area (Å²) >= 11 is 0. The van der Waals surface area contributed by atoms with Crippen LogP contribution in [0, 0.1) is 0 Å². The maximum atomic E-state index is 12.2. The Morgan fingerprint density at radius 3 is 2.21 bits per heavy atom. The third-order valence-corrected chi connectivity index (χ3v) is 3.82. The van der Waals surface area contributed by atoms with Crippen LogP contribution in [-0.4, -0.2) is 26.3 Å². The second-order valence-electron chi connectivity index (χ2n) is 5.79. The van der Waals surface area contributed by atoms with E-state index in [2.05, 4.69) is 10.6 Å². The number of benzene rings is 3. The van der Waals surface area contributed by atoms with Crippen LogP contribution in [0.1, 0.15) is 0 Å². The lowest BCUT2D eigenvalue weighted by Crippen LogP contribution is -2.32. The number of para-hydroxylation sites is 5. The van der Waals surface area contributed by atoms with Gasteiger partial charge in [-0.05, 0) is 36.4 Å². The van der Waals surface area contributed by atoms with Crippen LogP contribution in [0.15, 0.2) is 78.9 Å². The Hall–Kier alpha value is -3.67. The van der Waals surface area contributed by atoms with Crippen LogP contribution in [0.2, 0.25) is 0 Å². The molecule has 2 N–H and O–H groups in total. The van der Waals surface area contributed by atoms with Gasteiger partial charge in [0.05, 0.1) is 19.3 Å². The number of carbonyl (C=O) groups excluding carboxylic acids is 1.